The number of carbonyl (C=O) groups is 3. The molecule has 0 heterocycles. The molecule has 6 heteroatoms. The van der Waals surface area contributed by atoms with Crippen molar-refractivity contribution >= 4 is 17.9 Å². The Hall–Kier alpha value is -2.11. The van der Waals surface area contributed by atoms with Gasteiger partial charge in [-0.1, -0.05) is 347 Å². The largest absolute Gasteiger partial charge is 0.462 e. The van der Waals surface area contributed by atoms with Crippen LogP contribution in [0.2, 0.25) is 0 Å². The van der Waals surface area contributed by atoms with Crippen LogP contribution in [0.5, 0.6) is 0 Å². The monoisotopic (exact) mass is 1130 g/mol. The quantitative estimate of drug-likeness (QED) is 0.0261. The molecule has 0 bridgehead atoms. The van der Waals surface area contributed by atoms with E-state index < -0.39 is 6.10 Å². The van der Waals surface area contributed by atoms with Gasteiger partial charge >= 0.3 is 17.9 Å². The van der Waals surface area contributed by atoms with Crippen LogP contribution in [0.15, 0.2) is 24.3 Å². The number of ether oxygens (including phenoxy) is 3. The molecule has 0 spiro atoms. The zero-order valence-corrected chi connectivity index (χ0v) is 54.4. The van der Waals surface area contributed by atoms with Crippen LogP contribution in [-0.2, 0) is 28.6 Å². The lowest BCUT2D eigenvalue weighted by atomic mass is 10.0. The van der Waals surface area contributed by atoms with Gasteiger partial charge in [-0.05, 0) is 70.6 Å². The van der Waals surface area contributed by atoms with E-state index in [4.69, 9.17) is 14.2 Å². The molecule has 0 fully saturated rings. The lowest BCUT2D eigenvalue weighted by molar-refractivity contribution is -0.167. The summed E-state index contributed by atoms with van der Waals surface area (Å²) in [4.78, 5) is 38.3. The molecule has 6 nitrogen and oxygen atoms in total. The summed E-state index contributed by atoms with van der Waals surface area (Å²) in [5, 5.41) is 0. The molecular formula is C74H140O6. The van der Waals surface area contributed by atoms with E-state index >= 15 is 0 Å². The summed E-state index contributed by atoms with van der Waals surface area (Å²) >= 11 is 0. The first-order valence-corrected chi connectivity index (χ1v) is 36.3. The van der Waals surface area contributed by atoms with E-state index in [1.165, 1.54) is 308 Å². The topological polar surface area (TPSA) is 78.9 Å². The van der Waals surface area contributed by atoms with Gasteiger partial charge in [0.2, 0.25) is 0 Å². The molecule has 472 valence electrons. The fraction of sp³-hybridized carbons (Fsp3) is 0.905. The Kier molecular flexibility index (Phi) is 67.6. The third kappa shape index (κ3) is 66.7. The van der Waals surface area contributed by atoms with Crippen molar-refractivity contribution in [1.29, 1.82) is 0 Å². The summed E-state index contributed by atoms with van der Waals surface area (Å²) in [5.74, 6) is -0.847. The number of unbranched alkanes of at least 4 members (excludes halogenated alkanes) is 53. The van der Waals surface area contributed by atoms with Crippen molar-refractivity contribution in [3.05, 3.63) is 24.3 Å². The van der Waals surface area contributed by atoms with Gasteiger partial charge in [-0.3, -0.25) is 14.4 Å². The summed E-state index contributed by atoms with van der Waals surface area (Å²) in [5.41, 5.74) is 0. The SMILES string of the molecule is CCCCC/C=C\CCCCCCCC(=O)OCC(COC(=O)CCCCCCCCCCCCCCCCCCCCCCCCC/C=C\CCCCCCCCCC)OC(=O)CCCCCCCCCCCCCCCCC. The molecule has 0 aromatic carbocycles. The second kappa shape index (κ2) is 69.4. The van der Waals surface area contributed by atoms with Crippen LogP contribution < -0.4 is 0 Å². The van der Waals surface area contributed by atoms with Crippen LogP contribution in [0, 0.1) is 0 Å². The Bertz CT molecular complexity index is 1290. The van der Waals surface area contributed by atoms with E-state index in [1.807, 2.05) is 0 Å². The minimum Gasteiger partial charge on any atom is -0.462 e. The predicted octanol–water partition coefficient (Wildman–Crippen LogP) is 25.0. The Balaban J connectivity index is 4.01. The van der Waals surface area contributed by atoms with E-state index in [0.29, 0.717) is 19.3 Å². The average Bonchev–Trinajstić information content (AvgIpc) is 3.46. The van der Waals surface area contributed by atoms with Crippen molar-refractivity contribution in [1.82, 2.24) is 0 Å². The van der Waals surface area contributed by atoms with Crippen molar-refractivity contribution in [2.75, 3.05) is 13.2 Å². The molecule has 80 heavy (non-hydrogen) atoms. The molecule has 0 rings (SSSR count). The van der Waals surface area contributed by atoms with Crippen LogP contribution in [0.4, 0.5) is 0 Å². The lowest BCUT2D eigenvalue weighted by Crippen LogP contribution is -2.30. The summed E-state index contributed by atoms with van der Waals surface area (Å²) in [6, 6.07) is 0. The van der Waals surface area contributed by atoms with E-state index in [0.717, 1.165) is 64.2 Å². The van der Waals surface area contributed by atoms with Crippen molar-refractivity contribution in [2.24, 2.45) is 0 Å². The molecule has 0 aromatic heterocycles. The van der Waals surface area contributed by atoms with E-state index in [9.17, 15) is 14.4 Å². The molecule has 0 saturated heterocycles. The fourth-order valence-electron chi connectivity index (χ4n) is 11.2. The van der Waals surface area contributed by atoms with Crippen LogP contribution >= 0.6 is 0 Å². The van der Waals surface area contributed by atoms with Gasteiger partial charge in [-0.2, -0.15) is 0 Å². The zero-order valence-electron chi connectivity index (χ0n) is 54.4. The normalized spacial score (nSPS) is 12.1. The van der Waals surface area contributed by atoms with Gasteiger partial charge in [0.1, 0.15) is 13.2 Å². The molecule has 0 saturated carbocycles. The zero-order chi connectivity index (χ0) is 57.8. The Labute approximate surface area is 500 Å². The molecule has 0 amide bonds. The maximum Gasteiger partial charge on any atom is 0.306 e. The van der Waals surface area contributed by atoms with Crippen LogP contribution in [0.3, 0.4) is 0 Å². The highest BCUT2D eigenvalue weighted by molar-refractivity contribution is 5.71. The maximum absolute atomic E-state index is 12.9. The van der Waals surface area contributed by atoms with Crippen LogP contribution in [0.25, 0.3) is 0 Å². The number of esters is 3. The average molecular weight is 1130 g/mol. The molecule has 1 atom stereocenters. The maximum atomic E-state index is 12.9. The second-order valence-corrected chi connectivity index (χ2v) is 24.9. The number of carbonyl (C=O) groups excluding carboxylic acids is 3. The van der Waals surface area contributed by atoms with Gasteiger partial charge in [-0.25, -0.2) is 0 Å². The molecule has 0 aliphatic carbocycles. The standard InChI is InChI=1S/C74H140O6/c1-4-7-10-13-16-19-22-25-27-28-29-30-31-32-33-34-35-36-37-38-39-40-41-42-43-44-45-46-48-49-52-55-58-61-64-67-73(76)79-70-71(69-78-72(75)66-63-60-57-54-51-24-21-18-15-12-9-6-3)80-74(77)68-65-62-59-56-53-50-47-26-23-20-17-14-11-8-5-2/h18,21,28-29,71H,4-17,19-20,22-27,30-70H2,1-3H3/b21-18-,29-28-. The molecule has 0 N–H and O–H groups in total. The van der Waals surface area contributed by atoms with E-state index in [-0.39, 0.29) is 31.1 Å². The number of allylic oxidation sites excluding steroid dienone is 4. The van der Waals surface area contributed by atoms with Crippen LogP contribution in [-0.4, -0.2) is 37.2 Å². The third-order valence-corrected chi connectivity index (χ3v) is 16.7. The highest BCUT2D eigenvalue weighted by Gasteiger charge is 2.19. The van der Waals surface area contributed by atoms with E-state index in [2.05, 4.69) is 45.1 Å². The van der Waals surface area contributed by atoms with Crippen molar-refractivity contribution in [3.8, 4) is 0 Å². The first kappa shape index (κ1) is 77.9. The summed E-state index contributed by atoms with van der Waals surface area (Å²) in [6.07, 6.45) is 85.2. The Morgan fingerprint density at radius 1 is 0.237 bits per heavy atom. The lowest BCUT2D eigenvalue weighted by Gasteiger charge is -2.18. The summed E-state index contributed by atoms with van der Waals surface area (Å²) in [7, 11) is 0. The molecular weight excluding hydrogens is 985 g/mol. The molecule has 0 aliphatic heterocycles. The minimum atomic E-state index is -0.770. The van der Waals surface area contributed by atoms with Gasteiger partial charge in [0.15, 0.2) is 6.10 Å². The number of rotatable bonds is 68. The Morgan fingerprint density at radius 2 is 0.412 bits per heavy atom. The molecule has 0 radical (unpaired) electrons. The van der Waals surface area contributed by atoms with Gasteiger partial charge in [-0.15, -0.1) is 0 Å². The number of hydrogen-bond donors (Lipinski definition) is 0. The smallest absolute Gasteiger partial charge is 0.306 e. The van der Waals surface area contributed by atoms with E-state index in [1.54, 1.807) is 0 Å². The summed E-state index contributed by atoms with van der Waals surface area (Å²) in [6.45, 7) is 6.68. The highest BCUT2D eigenvalue weighted by Crippen LogP contribution is 2.19. The first-order valence-electron chi connectivity index (χ1n) is 36.3. The fourth-order valence-corrected chi connectivity index (χ4v) is 11.2. The van der Waals surface area contributed by atoms with Crippen LogP contribution in [0.1, 0.15) is 412 Å². The second-order valence-electron chi connectivity index (χ2n) is 24.9. The molecule has 0 aromatic rings. The van der Waals surface area contributed by atoms with Crippen molar-refractivity contribution in [3.63, 3.8) is 0 Å². The van der Waals surface area contributed by atoms with Crippen molar-refractivity contribution in [2.45, 2.75) is 419 Å². The van der Waals surface area contributed by atoms with Gasteiger partial charge in [0, 0.05) is 19.3 Å². The predicted molar refractivity (Wildman–Crippen MR) is 349 cm³/mol. The highest BCUT2D eigenvalue weighted by atomic mass is 16.6. The number of hydrogen-bond acceptors (Lipinski definition) is 6. The van der Waals surface area contributed by atoms with Crippen molar-refractivity contribution < 1.29 is 28.6 Å². The minimum absolute atomic E-state index is 0.0672. The summed E-state index contributed by atoms with van der Waals surface area (Å²) < 4.78 is 16.9. The van der Waals surface area contributed by atoms with Gasteiger partial charge in [0.25, 0.3) is 0 Å². The molecule has 0 aliphatic rings. The Morgan fingerprint density at radius 3 is 0.650 bits per heavy atom. The van der Waals surface area contributed by atoms with Gasteiger partial charge < -0.3 is 14.2 Å². The molecule has 1 unspecified atom stereocenters. The first-order chi connectivity index (χ1) is 39.5. The van der Waals surface area contributed by atoms with Gasteiger partial charge in [0.05, 0.1) is 0 Å². The third-order valence-electron chi connectivity index (χ3n) is 16.7.